The first-order valence-corrected chi connectivity index (χ1v) is 10.5. The van der Waals surface area contributed by atoms with Crippen molar-refractivity contribution in [1.82, 2.24) is 9.47 Å². The van der Waals surface area contributed by atoms with Crippen LogP contribution in [0.25, 0.3) is 0 Å². The van der Waals surface area contributed by atoms with E-state index in [1.165, 1.54) is 12.1 Å². The number of hydrogen-bond donors (Lipinski definition) is 0. The number of pyridine rings is 1. The summed E-state index contributed by atoms with van der Waals surface area (Å²) in [5, 5.41) is 0. The molecule has 1 aromatic carbocycles. The van der Waals surface area contributed by atoms with Crippen LogP contribution in [0, 0.1) is 5.82 Å². The maximum atomic E-state index is 14.7. The van der Waals surface area contributed by atoms with E-state index in [9.17, 15) is 27.2 Å². The lowest BCUT2D eigenvalue weighted by atomic mass is 10.0. The molecule has 2 aromatic rings. The average molecular weight is 521 g/mol. The maximum absolute atomic E-state index is 14.7. The lowest BCUT2D eigenvalue weighted by molar-refractivity contribution is -0.157. The van der Waals surface area contributed by atoms with Crippen LogP contribution in [0.5, 0.6) is 0 Å². The van der Waals surface area contributed by atoms with Gasteiger partial charge in [-0.3, -0.25) is 9.36 Å². The molecule has 0 radical (unpaired) electrons. The molecular formula is C22H25BrF4N2O3. The van der Waals surface area contributed by atoms with Crippen LogP contribution in [0.4, 0.5) is 17.6 Å². The molecule has 32 heavy (non-hydrogen) atoms. The molecular weight excluding hydrogens is 496 g/mol. The summed E-state index contributed by atoms with van der Waals surface area (Å²) >= 11 is 3.20. The average Bonchev–Trinajstić information content (AvgIpc) is 2.62. The van der Waals surface area contributed by atoms with Crippen molar-refractivity contribution in [3.63, 3.8) is 0 Å². The van der Waals surface area contributed by atoms with Crippen molar-refractivity contribution in [3.05, 3.63) is 67.8 Å². The number of carbonyl (C=O) groups is 1. The molecule has 0 aliphatic heterocycles. The second-order valence-electron chi connectivity index (χ2n) is 8.61. The number of hydrogen-bond acceptors (Lipinski definition) is 4. The van der Waals surface area contributed by atoms with Crippen molar-refractivity contribution >= 4 is 21.9 Å². The Morgan fingerprint density at radius 1 is 1.19 bits per heavy atom. The summed E-state index contributed by atoms with van der Waals surface area (Å²) in [7, 11) is 3.40. The van der Waals surface area contributed by atoms with Gasteiger partial charge >= 0.3 is 12.1 Å². The summed E-state index contributed by atoms with van der Waals surface area (Å²) in [6.45, 7) is 5.05. The highest BCUT2D eigenvalue weighted by molar-refractivity contribution is 9.10. The number of halogens is 5. The molecule has 2 rings (SSSR count). The van der Waals surface area contributed by atoms with E-state index in [4.69, 9.17) is 4.74 Å². The number of esters is 1. The predicted octanol–water partition coefficient (Wildman–Crippen LogP) is 4.80. The van der Waals surface area contributed by atoms with Gasteiger partial charge in [0.2, 0.25) is 0 Å². The SMILES string of the molecule is CN(C)CCc1cn(C(C(=O)OC(C)(C)C)c2cc(Br)ccc2F)c(=O)cc1C(F)(F)F. The molecule has 1 unspecified atom stereocenters. The van der Waals surface area contributed by atoms with Crippen LogP contribution in [-0.4, -0.2) is 41.7 Å². The monoisotopic (exact) mass is 520 g/mol. The highest BCUT2D eigenvalue weighted by Gasteiger charge is 2.37. The number of likely N-dealkylation sites (N-methyl/N-ethyl adjacent to an activating group) is 1. The minimum Gasteiger partial charge on any atom is -0.458 e. The van der Waals surface area contributed by atoms with Crippen LogP contribution in [0.15, 0.2) is 39.7 Å². The first-order valence-electron chi connectivity index (χ1n) is 9.75. The predicted molar refractivity (Wildman–Crippen MR) is 116 cm³/mol. The summed E-state index contributed by atoms with van der Waals surface area (Å²) in [6, 6.07) is 2.63. The molecule has 0 spiro atoms. The lowest BCUT2D eigenvalue weighted by Gasteiger charge is -2.27. The molecule has 0 N–H and O–H groups in total. The third kappa shape index (κ3) is 6.65. The summed E-state index contributed by atoms with van der Waals surface area (Å²) in [4.78, 5) is 27.5. The van der Waals surface area contributed by atoms with Gasteiger partial charge in [0.1, 0.15) is 11.4 Å². The quantitative estimate of drug-likeness (QED) is 0.405. The van der Waals surface area contributed by atoms with E-state index in [1.807, 2.05) is 0 Å². The van der Waals surface area contributed by atoms with E-state index < -0.39 is 40.7 Å². The van der Waals surface area contributed by atoms with E-state index in [0.29, 0.717) is 10.5 Å². The Kier molecular flexibility index (Phi) is 7.93. The zero-order valence-electron chi connectivity index (χ0n) is 18.4. The zero-order chi connectivity index (χ0) is 24.4. The van der Waals surface area contributed by atoms with Crippen molar-refractivity contribution in [3.8, 4) is 0 Å². The molecule has 176 valence electrons. The number of aromatic nitrogens is 1. The Morgan fingerprint density at radius 2 is 1.81 bits per heavy atom. The normalized spacial score (nSPS) is 13.3. The number of rotatable bonds is 6. The molecule has 5 nitrogen and oxygen atoms in total. The molecule has 0 aliphatic carbocycles. The minimum absolute atomic E-state index is 0.0376. The summed E-state index contributed by atoms with van der Waals surface area (Å²) in [5.41, 5.74) is -3.54. The molecule has 0 saturated carbocycles. The molecule has 0 fully saturated rings. The van der Waals surface area contributed by atoms with E-state index >= 15 is 0 Å². The minimum atomic E-state index is -4.76. The third-order valence-electron chi connectivity index (χ3n) is 4.46. The molecule has 0 saturated heterocycles. The molecule has 1 aromatic heterocycles. The van der Waals surface area contributed by atoms with Gasteiger partial charge < -0.3 is 9.64 Å². The Hall–Kier alpha value is -2.20. The van der Waals surface area contributed by atoms with Gasteiger partial charge in [0, 0.05) is 28.8 Å². The van der Waals surface area contributed by atoms with Crippen LogP contribution in [-0.2, 0) is 22.1 Å². The summed E-state index contributed by atoms with van der Waals surface area (Å²) in [5.74, 6) is -1.76. The summed E-state index contributed by atoms with van der Waals surface area (Å²) in [6.07, 6.45) is -3.82. The van der Waals surface area contributed by atoms with E-state index in [-0.39, 0.29) is 24.1 Å². The van der Waals surface area contributed by atoms with Crippen LogP contribution in [0.1, 0.15) is 43.5 Å². The van der Waals surface area contributed by atoms with Crippen molar-refractivity contribution in [1.29, 1.82) is 0 Å². The first kappa shape index (κ1) is 26.1. The van der Waals surface area contributed by atoms with Gasteiger partial charge in [-0.25, -0.2) is 9.18 Å². The maximum Gasteiger partial charge on any atom is 0.416 e. The topological polar surface area (TPSA) is 51.5 Å². The van der Waals surface area contributed by atoms with Crippen LogP contribution < -0.4 is 5.56 Å². The fraction of sp³-hybridized carbons (Fsp3) is 0.455. The largest absolute Gasteiger partial charge is 0.458 e. The van der Waals surface area contributed by atoms with Crippen molar-refractivity contribution < 1.29 is 27.1 Å². The van der Waals surface area contributed by atoms with Gasteiger partial charge in [0.25, 0.3) is 5.56 Å². The Labute approximate surface area is 192 Å². The van der Waals surface area contributed by atoms with Gasteiger partial charge in [0.15, 0.2) is 6.04 Å². The fourth-order valence-electron chi connectivity index (χ4n) is 3.07. The Bertz CT molecular complexity index is 1040. The molecule has 0 amide bonds. The van der Waals surface area contributed by atoms with Gasteiger partial charge in [-0.2, -0.15) is 13.2 Å². The lowest BCUT2D eigenvalue weighted by Crippen LogP contribution is -2.37. The van der Waals surface area contributed by atoms with Crippen LogP contribution in [0.2, 0.25) is 0 Å². The Morgan fingerprint density at radius 3 is 2.34 bits per heavy atom. The first-order chi connectivity index (χ1) is 14.6. The Balaban J connectivity index is 2.77. The number of alkyl halides is 3. The number of benzene rings is 1. The molecule has 0 bridgehead atoms. The van der Waals surface area contributed by atoms with E-state index in [0.717, 1.165) is 16.8 Å². The molecule has 0 aliphatic rings. The third-order valence-corrected chi connectivity index (χ3v) is 4.95. The van der Waals surface area contributed by atoms with Gasteiger partial charge in [-0.15, -0.1) is 0 Å². The smallest absolute Gasteiger partial charge is 0.416 e. The standard InChI is InChI=1S/C22H25BrF4N2O3/c1-21(2,3)32-20(31)19(15-10-14(23)6-7-17(15)24)29-12-13(8-9-28(4)5)16(11-18(29)30)22(25,26)27/h6-7,10-12,19H,8-9H2,1-5H3. The zero-order valence-corrected chi connectivity index (χ0v) is 20.0. The highest BCUT2D eigenvalue weighted by atomic mass is 79.9. The van der Waals surface area contributed by atoms with Crippen LogP contribution in [0.3, 0.4) is 0 Å². The second kappa shape index (κ2) is 9.74. The molecule has 1 atom stereocenters. The fourth-order valence-corrected chi connectivity index (χ4v) is 3.45. The molecule has 10 heteroatoms. The van der Waals surface area contributed by atoms with E-state index in [2.05, 4.69) is 15.9 Å². The number of nitrogens with zero attached hydrogens (tertiary/aromatic N) is 2. The number of carbonyl (C=O) groups excluding carboxylic acids is 1. The van der Waals surface area contributed by atoms with Gasteiger partial charge in [-0.05, 0) is 65.0 Å². The highest BCUT2D eigenvalue weighted by Crippen LogP contribution is 2.33. The summed E-state index contributed by atoms with van der Waals surface area (Å²) < 4.78 is 62.1. The molecule has 1 heterocycles. The van der Waals surface area contributed by atoms with E-state index in [1.54, 1.807) is 39.8 Å². The van der Waals surface area contributed by atoms with Crippen molar-refractivity contribution in [2.45, 2.75) is 45.0 Å². The van der Waals surface area contributed by atoms with Gasteiger partial charge in [0.05, 0.1) is 5.56 Å². The van der Waals surface area contributed by atoms with Crippen LogP contribution >= 0.6 is 15.9 Å². The number of ether oxygens (including phenoxy) is 1. The second-order valence-corrected chi connectivity index (χ2v) is 9.53. The van der Waals surface area contributed by atoms with Gasteiger partial charge in [-0.1, -0.05) is 15.9 Å². The van der Waals surface area contributed by atoms with Crippen molar-refractivity contribution in [2.24, 2.45) is 0 Å². The van der Waals surface area contributed by atoms with Crippen molar-refractivity contribution in [2.75, 3.05) is 20.6 Å².